The second-order valence-electron chi connectivity index (χ2n) is 7.09. The average Bonchev–Trinajstić information content (AvgIpc) is 2.52. The van der Waals surface area contributed by atoms with Crippen molar-refractivity contribution in [3.8, 4) is 0 Å². The van der Waals surface area contributed by atoms with E-state index < -0.39 is 6.10 Å². The van der Waals surface area contributed by atoms with Crippen molar-refractivity contribution in [2.24, 2.45) is 5.92 Å². The quantitative estimate of drug-likeness (QED) is 0.731. The van der Waals surface area contributed by atoms with Gasteiger partial charge in [-0.2, -0.15) is 0 Å². The Balaban J connectivity index is 1.74. The molecule has 1 aliphatic heterocycles. The van der Waals surface area contributed by atoms with E-state index in [-0.39, 0.29) is 23.6 Å². The van der Waals surface area contributed by atoms with Crippen LogP contribution in [0.15, 0.2) is 0 Å². The first-order valence-electron chi connectivity index (χ1n) is 8.91. The molecule has 2 fully saturated rings. The van der Waals surface area contributed by atoms with Gasteiger partial charge < -0.3 is 20.5 Å². The monoisotopic (exact) mass is 312 g/mol. The first kappa shape index (κ1) is 17.5. The Labute approximate surface area is 134 Å². The maximum Gasteiger partial charge on any atom is 0.315 e. The number of hydrogen-bond acceptors (Lipinski definition) is 3. The van der Waals surface area contributed by atoms with Crippen LogP contribution in [0.1, 0.15) is 65.2 Å². The molecule has 1 saturated carbocycles. The smallest absolute Gasteiger partial charge is 0.315 e. The van der Waals surface area contributed by atoms with Crippen LogP contribution in [0.2, 0.25) is 0 Å². The third kappa shape index (κ3) is 4.85. The number of nitrogens with one attached hydrogen (secondary N) is 2. The molecule has 0 aromatic heterocycles. The summed E-state index contributed by atoms with van der Waals surface area (Å²) < 4.78 is 6.05. The molecule has 0 bridgehead atoms. The number of urea groups is 1. The number of aliphatic hydroxyl groups is 1. The van der Waals surface area contributed by atoms with E-state index in [9.17, 15) is 9.90 Å². The normalized spacial score (nSPS) is 27.1. The number of hydrogen-bond donors (Lipinski definition) is 3. The summed E-state index contributed by atoms with van der Waals surface area (Å²) in [6.07, 6.45) is 8.26. The Morgan fingerprint density at radius 2 is 2.09 bits per heavy atom. The van der Waals surface area contributed by atoms with Crippen LogP contribution >= 0.6 is 0 Å². The van der Waals surface area contributed by atoms with Crippen molar-refractivity contribution < 1.29 is 14.6 Å². The summed E-state index contributed by atoms with van der Waals surface area (Å²) in [7, 11) is 0. The van der Waals surface area contributed by atoms with E-state index in [1.807, 2.05) is 13.8 Å². The van der Waals surface area contributed by atoms with Crippen LogP contribution in [-0.2, 0) is 4.74 Å². The van der Waals surface area contributed by atoms with E-state index in [1.54, 1.807) is 0 Å². The number of amides is 2. The van der Waals surface area contributed by atoms with Crippen LogP contribution in [0.5, 0.6) is 0 Å². The van der Waals surface area contributed by atoms with Crippen LogP contribution in [-0.4, -0.2) is 42.0 Å². The highest BCUT2D eigenvalue weighted by Gasteiger charge is 2.38. The highest BCUT2D eigenvalue weighted by Crippen LogP contribution is 2.38. The zero-order chi connectivity index (χ0) is 16.0. The van der Waals surface area contributed by atoms with Gasteiger partial charge in [-0.25, -0.2) is 4.79 Å². The van der Waals surface area contributed by atoms with Crippen LogP contribution in [0.4, 0.5) is 4.79 Å². The molecule has 5 nitrogen and oxygen atoms in total. The van der Waals surface area contributed by atoms with Crippen LogP contribution in [0.25, 0.3) is 0 Å². The van der Waals surface area contributed by atoms with Gasteiger partial charge in [0.2, 0.25) is 0 Å². The van der Waals surface area contributed by atoms with Crippen molar-refractivity contribution in [3.63, 3.8) is 0 Å². The molecule has 1 heterocycles. The van der Waals surface area contributed by atoms with E-state index in [4.69, 9.17) is 4.74 Å². The molecule has 128 valence electrons. The number of rotatable bonds is 5. The summed E-state index contributed by atoms with van der Waals surface area (Å²) in [5.41, 5.74) is 0.00465. The van der Waals surface area contributed by atoms with Crippen molar-refractivity contribution in [1.29, 1.82) is 0 Å². The largest absolute Gasteiger partial charge is 0.391 e. The van der Waals surface area contributed by atoms with Crippen LogP contribution in [0, 0.1) is 5.92 Å². The molecule has 2 aliphatic rings. The van der Waals surface area contributed by atoms with E-state index in [0.717, 1.165) is 38.7 Å². The molecule has 0 aromatic rings. The third-order valence-corrected chi connectivity index (χ3v) is 5.37. The summed E-state index contributed by atoms with van der Waals surface area (Å²) >= 11 is 0. The molecule has 1 saturated heterocycles. The van der Waals surface area contributed by atoms with Gasteiger partial charge in [-0.15, -0.1) is 0 Å². The summed E-state index contributed by atoms with van der Waals surface area (Å²) in [4.78, 5) is 12.0. The third-order valence-electron chi connectivity index (χ3n) is 5.37. The SMILES string of the molecule is CCC(C)C(O)CNC(=O)NC1CCOC2(CCCCC2)C1. The lowest BCUT2D eigenvalue weighted by molar-refractivity contribution is -0.107. The number of carbonyl (C=O) groups excluding carboxylic acids is 1. The summed E-state index contributed by atoms with van der Waals surface area (Å²) in [5, 5.41) is 15.8. The fourth-order valence-corrected chi connectivity index (χ4v) is 3.60. The average molecular weight is 312 g/mol. The highest BCUT2D eigenvalue weighted by molar-refractivity contribution is 5.74. The second kappa shape index (κ2) is 8.16. The Hall–Kier alpha value is -0.810. The standard InChI is InChI=1S/C17H32N2O3/c1-3-13(2)15(20)12-18-16(21)19-14-7-10-22-17(11-14)8-5-4-6-9-17/h13-15,20H,3-12H2,1-2H3,(H2,18,19,21). The molecule has 3 unspecified atom stereocenters. The highest BCUT2D eigenvalue weighted by atomic mass is 16.5. The lowest BCUT2D eigenvalue weighted by atomic mass is 9.78. The number of carbonyl (C=O) groups is 1. The molecule has 5 heteroatoms. The Morgan fingerprint density at radius 3 is 2.77 bits per heavy atom. The Morgan fingerprint density at radius 1 is 1.36 bits per heavy atom. The molecule has 1 spiro atoms. The van der Waals surface area contributed by atoms with E-state index in [2.05, 4.69) is 10.6 Å². The zero-order valence-corrected chi connectivity index (χ0v) is 14.1. The topological polar surface area (TPSA) is 70.6 Å². The zero-order valence-electron chi connectivity index (χ0n) is 14.1. The maximum absolute atomic E-state index is 12.0. The maximum atomic E-state index is 12.0. The van der Waals surface area contributed by atoms with Gasteiger partial charge in [0.25, 0.3) is 0 Å². The minimum atomic E-state index is -0.477. The van der Waals surface area contributed by atoms with Gasteiger partial charge in [0.1, 0.15) is 0 Å². The lowest BCUT2D eigenvalue weighted by Gasteiger charge is -2.43. The summed E-state index contributed by atoms with van der Waals surface area (Å²) in [6, 6.07) is 0.0211. The van der Waals surface area contributed by atoms with Crippen molar-refractivity contribution >= 4 is 6.03 Å². The van der Waals surface area contributed by atoms with E-state index in [1.165, 1.54) is 19.3 Å². The lowest BCUT2D eigenvalue weighted by Crippen LogP contribution is -2.52. The molecule has 2 amide bonds. The second-order valence-corrected chi connectivity index (χ2v) is 7.09. The minimum absolute atomic E-state index is 0.00465. The van der Waals surface area contributed by atoms with Gasteiger partial charge in [0, 0.05) is 19.2 Å². The number of aliphatic hydroxyl groups excluding tert-OH is 1. The van der Waals surface area contributed by atoms with Crippen molar-refractivity contribution in [1.82, 2.24) is 10.6 Å². The minimum Gasteiger partial charge on any atom is -0.391 e. The van der Waals surface area contributed by atoms with Crippen LogP contribution < -0.4 is 10.6 Å². The van der Waals surface area contributed by atoms with Crippen molar-refractivity contribution in [2.75, 3.05) is 13.2 Å². The van der Waals surface area contributed by atoms with Gasteiger partial charge in [0.05, 0.1) is 11.7 Å². The predicted molar refractivity (Wildman–Crippen MR) is 86.8 cm³/mol. The first-order chi connectivity index (χ1) is 10.5. The van der Waals surface area contributed by atoms with Gasteiger partial charge >= 0.3 is 6.03 Å². The molecular weight excluding hydrogens is 280 g/mol. The fraction of sp³-hybridized carbons (Fsp3) is 0.941. The van der Waals surface area contributed by atoms with Gasteiger partial charge in [0.15, 0.2) is 0 Å². The summed E-state index contributed by atoms with van der Waals surface area (Å²) in [5.74, 6) is 0.203. The predicted octanol–water partition coefficient (Wildman–Crippen LogP) is 2.57. The molecule has 2 rings (SSSR count). The van der Waals surface area contributed by atoms with Crippen molar-refractivity contribution in [2.45, 2.75) is 83.0 Å². The molecule has 22 heavy (non-hydrogen) atoms. The molecule has 0 radical (unpaired) electrons. The van der Waals surface area contributed by atoms with Gasteiger partial charge in [-0.05, 0) is 31.6 Å². The molecule has 1 aliphatic carbocycles. The summed E-state index contributed by atoms with van der Waals surface area (Å²) in [6.45, 7) is 5.09. The van der Waals surface area contributed by atoms with Gasteiger partial charge in [-0.3, -0.25) is 0 Å². The van der Waals surface area contributed by atoms with E-state index in [0.29, 0.717) is 6.54 Å². The fourth-order valence-electron chi connectivity index (χ4n) is 3.60. The molecule has 3 N–H and O–H groups in total. The Kier molecular flexibility index (Phi) is 6.50. The number of ether oxygens (including phenoxy) is 1. The molecule has 3 atom stereocenters. The van der Waals surface area contributed by atoms with Crippen LogP contribution in [0.3, 0.4) is 0 Å². The van der Waals surface area contributed by atoms with Crippen molar-refractivity contribution in [3.05, 3.63) is 0 Å². The Bertz CT molecular complexity index is 350. The van der Waals surface area contributed by atoms with Gasteiger partial charge in [-0.1, -0.05) is 39.5 Å². The molecular formula is C17H32N2O3. The van der Waals surface area contributed by atoms with E-state index >= 15 is 0 Å². The molecule has 0 aromatic carbocycles. The first-order valence-corrected chi connectivity index (χ1v) is 8.91.